The van der Waals surface area contributed by atoms with Crippen molar-refractivity contribution in [3.05, 3.63) is 52.2 Å². The number of nitriles is 1. The second-order valence-electron chi connectivity index (χ2n) is 6.85. The van der Waals surface area contributed by atoms with Crippen LogP contribution in [-0.4, -0.2) is 24.8 Å². The number of allylic oxidation sites excluding steroid dienone is 3. The van der Waals surface area contributed by atoms with E-state index in [-0.39, 0.29) is 29.5 Å². The third-order valence-electron chi connectivity index (χ3n) is 4.60. The third-order valence-corrected chi connectivity index (χ3v) is 4.73. The molecule has 9 heteroatoms. The first-order valence-corrected chi connectivity index (χ1v) is 9.61. The molecule has 0 aliphatic heterocycles. The third kappa shape index (κ3) is 6.63. The molecule has 30 heavy (non-hydrogen) atoms. The number of hydrogen-bond donors (Lipinski definition) is 1. The second kappa shape index (κ2) is 10.3. The highest BCUT2D eigenvalue weighted by Crippen LogP contribution is 2.35. The van der Waals surface area contributed by atoms with E-state index in [2.05, 4.69) is 17.0 Å². The fourth-order valence-electron chi connectivity index (χ4n) is 3.10. The largest absolute Gasteiger partial charge is 0.490 e. The Kier molecular flexibility index (Phi) is 8.07. The van der Waals surface area contributed by atoms with Crippen molar-refractivity contribution in [1.82, 2.24) is 5.32 Å². The monoisotopic (exact) mass is 439 g/mol. The van der Waals surface area contributed by atoms with E-state index in [1.807, 2.05) is 0 Å². The standard InChI is InChI=1S/C21H21ClF3N3O2/c1-13(22)3-10-19(27-2)20(29)28-15-5-8-16(9-6-15)30-17-7-4-14(12-26)18(11-17)21(23,24)25/h3-4,7,10-11,15-16H,2,5-6,8-9H2,1H3,(H,28,29)/b13-3+,19-10-. The van der Waals surface area contributed by atoms with Crippen LogP contribution >= 0.6 is 11.6 Å². The summed E-state index contributed by atoms with van der Waals surface area (Å²) in [5.41, 5.74) is -1.31. The summed E-state index contributed by atoms with van der Waals surface area (Å²) in [6, 6.07) is 4.76. The van der Waals surface area contributed by atoms with Crippen molar-refractivity contribution < 1.29 is 22.7 Å². The smallest absolute Gasteiger partial charge is 0.417 e. The highest BCUT2D eigenvalue weighted by atomic mass is 35.5. The molecule has 0 saturated heterocycles. The minimum atomic E-state index is -4.63. The molecule has 1 aromatic carbocycles. The molecule has 0 radical (unpaired) electrons. The van der Waals surface area contributed by atoms with Crippen molar-refractivity contribution in [2.75, 3.05) is 0 Å². The minimum absolute atomic E-state index is 0.0677. The van der Waals surface area contributed by atoms with E-state index in [9.17, 15) is 18.0 Å². The van der Waals surface area contributed by atoms with Crippen molar-refractivity contribution in [2.45, 2.75) is 50.9 Å². The molecule has 1 amide bonds. The number of amides is 1. The predicted molar refractivity (Wildman–Crippen MR) is 108 cm³/mol. The molecule has 1 aliphatic carbocycles. The molecule has 1 N–H and O–H groups in total. The highest BCUT2D eigenvalue weighted by molar-refractivity contribution is 6.29. The van der Waals surface area contributed by atoms with E-state index < -0.39 is 17.3 Å². The maximum atomic E-state index is 13.1. The molecule has 160 valence electrons. The van der Waals surface area contributed by atoms with Crippen LogP contribution in [0.1, 0.15) is 43.7 Å². The number of nitrogens with zero attached hydrogens (tertiary/aromatic N) is 2. The first-order valence-electron chi connectivity index (χ1n) is 9.23. The lowest BCUT2D eigenvalue weighted by molar-refractivity contribution is -0.138. The molecule has 0 aromatic heterocycles. The Hall–Kier alpha value is -2.79. The summed E-state index contributed by atoms with van der Waals surface area (Å²) in [5.74, 6) is -0.302. The number of ether oxygens (including phenoxy) is 1. The molecule has 0 unspecified atom stereocenters. The van der Waals surface area contributed by atoms with Crippen LogP contribution < -0.4 is 10.1 Å². The van der Waals surface area contributed by atoms with Crippen molar-refractivity contribution in [3.8, 4) is 11.8 Å². The van der Waals surface area contributed by atoms with Gasteiger partial charge in [-0.25, -0.2) is 0 Å². The summed E-state index contributed by atoms with van der Waals surface area (Å²) in [7, 11) is 0. The summed E-state index contributed by atoms with van der Waals surface area (Å²) in [6.45, 7) is 5.05. The van der Waals surface area contributed by atoms with Crippen molar-refractivity contribution >= 4 is 24.2 Å². The van der Waals surface area contributed by atoms with Crippen LogP contribution in [0.4, 0.5) is 13.2 Å². The van der Waals surface area contributed by atoms with Gasteiger partial charge in [-0.2, -0.15) is 18.4 Å². The van der Waals surface area contributed by atoms with Gasteiger partial charge >= 0.3 is 6.18 Å². The summed E-state index contributed by atoms with van der Waals surface area (Å²) in [6.07, 6.45) is 0.447. The molecule has 1 saturated carbocycles. The first-order chi connectivity index (χ1) is 14.1. The van der Waals surface area contributed by atoms with Crippen LogP contribution in [-0.2, 0) is 11.0 Å². The molecule has 1 aliphatic rings. The van der Waals surface area contributed by atoms with Gasteiger partial charge in [0.05, 0.1) is 23.3 Å². The van der Waals surface area contributed by atoms with Gasteiger partial charge in [-0.15, -0.1) is 0 Å². The lowest BCUT2D eigenvalue weighted by Crippen LogP contribution is -2.40. The zero-order chi connectivity index (χ0) is 22.3. The number of nitrogens with one attached hydrogen (secondary N) is 1. The predicted octanol–water partition coefficient (Wildman–Crippen LogP) is 5.11. The van der Waals surface area contributed by atoms with Gasteiger partial charge in [-0.3, -0.25) is 9.79 Å². The van der Waals surface area contributed by atoms with Gasteiger partial charge in [0.25, 0.3) is 5.91 Å². The molecular formula is C21H21ClF3N3O2. The molecule has 0 atom stereocenters. The van der Waals surface area contributed by atoms with Gasteiger partial charge in [0.2, 0.25) is 0 Å². The maximum Gasteiger partial charge on any atom is 0.417 e. The van der Waals surface area contributed by atoms with Crippen molar-refractivity contribution in [3.63, 3.8) is 0 Å². The van der Waals surface area contributed by atoms with Crippen molar-refractivity contribution in [1.29, 1.82) is 5.26 Å². The van der Waals surface area contributed by atoms with Gasteiger partial charge in [0.15, 0.2) is 0 Å². The molecule has 0 bridgehead atoms. The van der Waals surface area contributed by atoms with E-state index in [0.29, 0.717) is 30.7 Å². The van der Waals surface area contributed by atoms with Crippen LogP contribution in [0.15, 0.2) is 46.1 Å². The van der Waals surface area contributed by atoms with E-state index in [1.54, 1.807) is 19.1 Å². The Morgan fingerprint density at radius 3 is 2.53 bits per heavy atom. The summed E-state index contributed by atoms with van der Waals surface area (Å²) in [4.78, 5) is 16.0. The number of carbonyl (C=O) groups excluding carboxylic acids is 1. The number of carbonyl (C=O) groups is 1. The maximum absolute atomic E-state index is 13.1. The van der Waals surface area contributed by atoms with E-state index in [0.717, 1.165) is 12.1 Å². The molecule has 0 heterocycles. The number of alkyl halides is 3. The number of aliphatic imine (C=N–C) groups is 1. The molecule has 5 nitrogen and oxygen atoms in total. The quantitative estimate of drug-likeness (QED) is 0.380. The van der Waals surface area contributed by atoms with E-state index in [4.69, 9.17) is 21.6 Å². The summed E-state index contributed by atoms with van der Waals surface area (Å²) in [5, 5.41) is 12.2. The van der Waals surface area contributed by atoms with Crippen LogP contribution in [0.25, 0.3) is 0 Å². The fraction of sp³-hybridized carbons (Fsp3) is 0.381. The molecule has 2 rings (SSSR count). The zero-order valence-electron chi connectivity index (χ0n) is 16.3. The van der Waals surface area contributed by atoms with Gasteiger partial charge in [0.1, 0.15) is 11.4 Å². The summed E-state index contributed by atoms with van der Waals surface area (Å²) >= 11 is 5.74. The molecular weight excluding hydrogens is 419 g/mol. The van der Waals surface area contributed by atoms with Crippen LogP contribution in [0, 0.1) is 11.3 Å². The SMILES string of the molecule is C=N/C(=C\C=C(/C)Cl)C(=O)NC1CCC(Oc2ccc(C#N)c(C(F)(F)F)c2)CC1. The normalized spacial score (nSPS) is 20.3. The van der Waals surface area contributed by atoms with Gasteiger partial charge in [-0.1, -0.05) is 11.6 Å². The first kappa shape index (κ1) is 23.5. The fourth-order valence-corrected chi connectivity index (χ4v) is 3.16. The number of halogens is 4. The van der Waals surface area contributed by atoms with Gasteiger partial charge in [0, 0.05) is 11.1 Å². The zero-order valence-corrected chi connectivity index (χ0v) is 17.1. The average Bonchev–Trinajstić information content (AvgIpc) is 2.69. The Bertz CT molecular complexity index is 892. The number of hydrogen-bond acceptors (Lipinski definition) is 4. The Labute approximate surface area is 177 Å². The average molecular weight is 440 g/mol. The summed E-state index contributed by atoms with van der Waals surface area (Å²) < 4.78 is 45.0. The highest BCUT2D eigenvalue weighted by Gasteiger charge is 2.34. The topological polar surface area (TPSA) is 74.5 Å². The minimum Gasteiger partial charge on any atom is -0.490 e. The Morgan fingerprint density at radius 1 is 1.33 bits per heavy atom. The van der Waals surface area contributed by atoms with Crippen LogP contribution in [0.2, 0.25) is 0 Å². The number of rotatable bonds is 6. The van der Waals surface area contributed by atoms with Crippen LogP contribution in [0.5, 0.6) is 5.75 Å². The second-order valence-corrected chi connectivity index (χ2v) is 7.44. The lowest BCUT2D eigenvalue weighted by Gasteiger charge is -2.29. The Balaban J connectivity index is 1.95. The van der Waals surface area contributed by atoms with Gasteiger partial charge in [-0.05, 0) is 69.7 Å². The van der Waals surface area contributed by atoms with E-state index in [1.165, 1.54) is 12.1 Å². The lowest BCUT2D eigenvalue weighted by atomic mass is 9.92. The van der Waals surface area contributed by atoms with Crippen LogP contribution in [0.3, 0.4) is 0 Å². The molecule has 1 fully saturated rings. The number of benzene rings is 1. The molecule has 1 aromatic rings. The van der Waals surface area contributed by atoms with Gasteiger partial charge < -0.3 is 10.1 Å². The van der Waals surface area contributed by atoms with E-state index >= 15 is 0 Å². The Morgan fingerprint density at radius 2 is 2.00 bits per heavy atom. The molecule has 0 spiro atoms. The van der Waals surface area contributed by atoms with Crippen molar-refractivity contribution in [2.24, 2.45) is 4.99 Å².